The second-order valence-electron chi connectivity index (χ2n) is 5.30. The van der Waals surface area contributed by atoms with Crippen LogP contribution in [-0.4, -0.2) is 26.8 Å². The van der Waals surface area contributed by atoms with E-state index < -0.39 is 5.60 Å². The van der Waals surface area contributed by atoms with E-state index in [1.54, 1.807) is 0 Å². The predicted molar refractivity (Wildman–Crippen MR) is 82.6 cm³/mol. The largest absolute Gasteiger partial charge is 0.389 e. The minimum Gasteiger partial charge on any atom is -0.389 e. The fourth-order valence-electron chi connectivity index (χ4n) is 2.52. The number of aliphatic hydroxyl groups is 1. The van der Waals surface area contributed by atoms with Crippen molar-refractivity contribution in [2.24, 2.45) is 0 Å². The highest BCUT2D eigenvalue weighted by Crippen LogP contribution is 2.17. The first-order valence-corrected chi connectivity index (χ1v) is 7.50. The summed E-state index contributed by atoms with van der Waals surface area (Å²) in [4.78, 5) is 4.67. The third kappa shape index (κ3) is 3.02. The Morgan fingerprint density at radius 1 is 1.20 bits per heavy atom. The van der Waals surface area contributed by atoms with Gasteiger partial charge < -0.3 is 15.0 Å². The summed E-state index contributed by atoms with van der Waals surface area (Å²) in [5.74, 6) is 1.03. The third-order valence-corrected chi connectivity index (χ3v) is 4.10. The van der Waals surface area contributed by atoms with Gasteiger partial charge in [0.15, 0.2) is 0 Å². The number of nitrogens with one attached hydrogen (secondary N) is 1. The maximum Gasteiger partial charge on any atom is 0.123 e. The first-order chi connectivity index (χ1) is 9.63. The molecule has 0 aliphatic rings. The van der Waals surface area contributed by atoms with Gasteiger partial charge in [0.05, 0.1) is 23.2 Å². The van der Waals surface area contributed by atoms with Crippen LogP contribution in [0.5, 0.6) is 0 Å². The summed E-state index contributed by atoms with van der Waals surface area (Å²) < 4.78 is 2.22. The SMILES string of the molecule is CCn1c(CNCC(O)(CC)CC)nc2ccccc21. The average Bonchev–Trinajstić information content (AvgIpc) is 2.84. The Morgan fingerprint density at radius 3 is 2.55 bits per heavy atom. The van der Waals surface area contributed by atoms with Crippen molar-refractivity contribution in [2.45, 2.75) is 52.3 Å². The number of nitrogens with zero attached hydrogens (tertiary/aromatic N) is 2. The molecule has 0 aliphatic carbocycles. The van der Waals surface area contributed by atoms with Crippen LogP contribution in [0.3, 0.4) is 0 Å². The highest BCUT2D eigenvalue weighted by atomic mass is 16.3. The fourth-order valence-corrected chi connectivity index (χ4v) is 2.52. The van der Waals surface area contributed by atoms with Crippen molar-refractivity contribution in [3.8, 4) is 0 Å². The second-order valence-corrected chi connectivity index (χ2v) is 5.30. The molecule has 0 unspecified atom stereocenters. The molecular formula is C16H25N3O. The van der Waals surface area contributed by atoms with Crippen LogP contribution < -0.4 is 5.32 Å². The van der Waals surface area contributed by atoms with Crippen LogP contribution in [0.2, 0.25) is 0 Å². The number of rotatable bonds is 7. The quantitative estimate of drug-likeness (QED) is 0.817. The summed E-state index contributed by atoms with van der Waals surface area (Å²) >= 11 is 0. The monoisotopic (exact) mass is 275 g/mol. The highest BCUT2D eigenvalue weighted by Gasteiger charge is 2.21. The van der Waals surface area contributed by atoms with Gasteiger partial charge in [-0.15, -0.1) is 0 Å². The first kappa shape index (κ1) is 15.0. The van der Waals surface area contributed by atoms with Gasteiger partial charge >= 0.3 is 0 Å². The average molecular weight is 275 g/mol. The summed E-state index contributed by atoms with van der Waals surface area (Å²) in [6.07, 6.45) is 1.53. The molecule has 0 radical (unpaired) electrons. The summed E-state index contributed by atoms with van der Waals surface area (Å²) in [5.41, 5.74) is 1.60. The van der Waals surface area contributed by atoms with Gasteiger partial charge in [-0.05, 0) is 31.9 Å². The molecule has 0 fully saturated rings. The zero-order valence-corrected chi connectivity index (χ0v) is 12.7. The summed E-state index contributed by atoms with van der Waals surface area (Å²) in [7, 11) is 0. The Bertz CT molecular complexity index is 558. The third-order valence-electron chi connectivity index (χ3n) is 4.10. The number of hydrogen-bond acceptors (Lipinski definition) is 3. The zero-order chi connectivity index (χ0) is 14.6. The van der Waals surface area contributed by atoms with Crippen molar-refractivity contribution in [3.63, 3.8) is 0 Å². The molecule has 0 aliphatic heterocycles. The van der Waals surface area contributed by atoms with Crippen LogP contribution in [0, 0.1) is 0 Å². The number of hydrogen-bond donors (Lipinski definition) is 2. The van der Waals surface area contributed by atoms with Gasteiger partial charge in [0.2, 0.25) is 0 Å². The number of imidazole rings is 1. The molecule has 2 N–H and O–H groups in total. The van der Waals surface area contributed by atoms with E-state index in [2.05, 4.69) is 27.9 Å². The molecule has 1 aromatic carbocycles. The first-order valence-electron chi connectivity index (χ1n) is 7.50. The maximum absolute atomic E-state index is 10.3. The van der Waals surface area contributed by atoms with E-state index in [0.717, 1.165) is 30.7 Å². The molecule has 0 amide bonds. The van der Waals surface area contributed by atoms with E-state index in [1.807, 2.05) is 32.0 Å². The second kappa shape index (κ2) is 6.37. The molecule has 1 aromatic heterocycles. The highest BCUT2D eigenvalue weighted by molar-refractivity contribution is 5.75. The minimum atomic E-state index is -0.608. The van der Waals surface area contributed by atoms with Gasteiger partial charge in [0.1, 0.15) is 5.82 Å². The molecular weight excluding hydrogens is 250 g/mol. The molecule has 4 nitrogen and oxygen atoms in total. The van der Waals surface area contributed by atoms with Crippen molar-refractivity contribution < 1.29 is 5.11 Å². The van der Waals surface area contributed by atoms with Crippen molar-refractivity contribution in [2.75, 3.05) is 6.54 Å². The molecule has 0 bridgehead atoms. The van der Waals surface area contributed by atoms with Crippen molar-refractivity contribution in [3.05, 3.63) is 30.1 Å². The van der Waals surface area contributed by atoms with E-state index >= 15 is 0 Å². The van der Waals surface area contributed by atoms with Gasteiger partial charge in [0, 0.05) is 13.1 Å². The molecule has 2 rings (SSSR count). The van der Waals surface area contributed by atoms with Crippen molar-refractivity contribution in [1.29, 1.82) is 0 Å². The summed E-state index contributed by atoms with van der Waals surface area (Å²) in [6, 6.07) is 8.20. The lowest BCUT2D eigenvalue weighted by Crippen LogP contribution is -2.39. The van der Waals surface area contributed by atoms with Crippen LogP contribution >= 0.6 is 0 Å². The van der Waals surface area contributed by atoms with E-state index in [1.165, 1.54) is 5.52 Å². The maximum atomic E-state index is 10.3. The Balaban J connectivity index is 2.10. The smallest absolute Gasteiger partial charge is 0.123 e. The lowest BCUT2D eigenvalue weighted by atomic mass is 9.98. The lowest BCUT2D eigenvalue weighted by molar-refractivity contribution is 0.0321. The summed E-state index contributed by atoms with van der Waals surface area (Å²) in [5, 5.41) is 13.6. The van der Waals surface area contributed by atoms with Crippen molar-refractivity contribution >= 4 is 11.0 Å². The Hall–Kier alpha value is -1.39. The fraction of sp³-hybridized carbons (Fsp3) is 0.562. The molecule has 0 saturated carbocycles. The predicted octanol–water partition coefficient (Wildman–Crippen LogP) is 2.70. The molecule has 20 heavy (non-hydrogen) atoms. The lowest BCUT2D eigenvalue weighted by Gasteiger charge is -2.25. The van der Waals surface area contributed by atoms with E-state index in [-0.39, 0.29) is 0 Å². The molecule has 4 heteroatoms. The van der Waals surface area contributed by atoms with Gasteiger partial charge in [-0.2, -0.15) is 0 Å². The standard InChI is InChI=1S/C16H25N3O/c1-4-16(20,5-2)12-17-11-15-18-13-9-7-8-10-14(13)19(15)6-3/h7-10,17,20H,4-6,11-12H2,1-3H3. The van der Waals surface area contributed by atoms with Gasteiger partial charge in [0.25, 0.3) is 0 Å². The van der Waals surface area contributed by atoms with Gasteiger partial charge in [-0.25, -0.2) is 4.98 Å². The molecule has 1 heterocycles. The Labute approximate surface area is 120 Å². The van der Waals surface area contributed by atoms with Crippen LogP contribution in [0.15, 0.2) is 24.3 Å². The van der Waals surface area contributed by atoms with Gasteiger partial charge in [-0.1, -0.05) is 26.0 Å². The van der Waals surface area contributed by atoms with E-state index in [0.29, 0.717) is 13.1 Å². The Kier molecular flexibility index (Phi) is 4.78. The van der Waals surface area contributed by atoms with Gasteiger partial charge in [-0.3, -0.25) is 0 Å². The number of aryl methyl sites for hydroxylation is 1. The number of para-hydroxylation sites is 2. The topological polar surface area (TPSA) is 50.1 Å². The number of aromatic nitrogens is 2. The van der Waals surface area contributed by atoms with Crippen LogP contribution in [-0.2, 0) is 13.1 Å². The molecule has 110 valence electrons. The van der Waals surface area contributed by atoms with E-state index in [4.69, 9.17) is 0 Å². The number of fused-ring (bicyclic) bond motifs is 1. The summed E-state index contributed by atoms with van der Waals surface area (Å²) in [6.45, 7) is 8.37. The molecule has 0 atom stereocenters. The van der Waals surface area contributed by atoms with Crippen LogP contribution in [0.4, 0.5) is 0 Å². The van der Waals surface area contributed by atoms with Crippen LogP contribution in [0.25, 0.3) is 11.0 Å². The van der Waals surface area contributed by atoms with Crippen LogP contribution in [0.1, 0.15) is 39.4 Å². The minimum absolute atomic E-state index is 0.604. The molecule has 2 aromatic rings. The van der Waals surface area contributed by atoms with E-state index in [9.17, 15) is 5.11 Å². The normalized spacial score (nSPS) is 12.2. The zero-order valence-electron chi connectivity index (χ0n) is 12.7. The Morgan fingerprint density at radius 2 is 1.90 bits per heavy atom. The number of benzene rings is 1. The molecule has 0 spiro atoms. The molecule has 0 saturated heterocycles. The van der Waals surface area contributed by atoms with Crippen molar-refractivity contribution in [1.82, 2.24) is 14.9 Å².